The van der Waals surface area contributed by atoms with Gasteiger partial charge in [0.15, 0.2) is 0 Å². The summed E-state index contributed by atoms with van der Waals surface area (Å²) in [4.78, 5) is 2.35. The highest BCUT2D eigenvalue weighted by Gasteiger charge is 2.29. The second-order valence-electron chi connectivity index (χ2n) is 4.82. The van der Waals surface area contributed by atoms with E-state index in [9.17, 15) is 0 Å². The molecule has 1 aliphatic heterocycles. The highest BCUT2D eigenvalue weighted by atomic mass is 16.5. The predicted molar refractivity (Wildman–Crippen MR) is 71.3 cm³/mol. The van der Waals surface area contributed by atoms with Crippen molar-refractivity contribution >= 4 is 5.69 Å². The van der Waals surface area contributed by atoms with Crippen molar-refractivity contribution < 1.29 is 4.74 Å². The lowest BCUT2D eigenvalue weighted by Crippen LogP contribution is -2.53. The quantitative estimate of drug-likeness (QED) is 0.866. The minimum atomic E-state index is -0.0932. The number of rotatable bonds is 4. The Hall–Kier alpha value is -1.06. The molecule has 1 saturated heterocycles. The molecular formula is C14H22N2O. The van der Waals surface area contributed by atoms with Crippen LogP contribution < -0.4 is 10.6 Å². The number of anilines is 1. The first-order valence-electron chi connectivity index (χ1n) is 6.40. The zero-order chi connectivity index (χ0) is 12.1. The summed E-state index contributed by atoms with van der Waals surface area (Å²) in [5.74, 6) is 0. The highest BCUT2D eigenvalue weighted by molar-refractivity contribution is 5.46. The summed E-state index contributed by atoms with van der Waals surface area (Å²) >= 11 is 0. The smallest absolute Gasteiger partial charge is 0.0484 e. The third-order valence-corrected chi connectivity index (χ3v) is 3.50. The maximum atomic E-state index is 6.45. The third-order valence-electron chi connectivity index (χ3n) is 3.50. The van der Waals surface area contributed by atoms with E-state index in [4.69, 9.17) is 10.5 Å². The molecule has 0 saturated carbocycles. The Bertz CT molecular complexity index is 333. The summed E-state index contributed by atoms with van der Waals surface area (Å²) in [6.45, 7) is 5.67. The molecular weight excluding hydrogens is 212 g/mol. The zero-order valence-electron chi connectivity index (χ0n) is 10.6. The third kappa shape index (κ3) is 3.20. The van der Waals surface area contributed by atoms with Gasteiger partial charge in [-0.25, -0.2) is 0 Å². The van der Waals surface area contributed by atoms with Crippen LogP contribution in [0.1, 0.15) is 19.8 Å². The lowest BCUT2D eigenvalue weighted by atomic mass is 9.90. The molecule has 2 rings (SSSR count). The van der Waals surface area contributed by atoms with Crippen LogP contribution in [-0.2, 0) is 4.74 Å². The second kappa shape index (κ2) is 5.52. The summed E-state index contributed by atoms with van der Waals surface area (Å²) in [6, 6.07) is 10.5. The predicted octanol–water partition coefficient (Wildman–Crippen LogP) is 2.02. The number of nitrogens with two attached hydrogens (primary N) is 1. The lowest BCUT2D eigenvalue weighted by Gasteiger charge is -2.38. The average molecular weight is 234 g/mol. The molecule has 0 unspecified atom stereocenters. The van der Waals surface area contributed by atoms with Crippen molar-refractivity contribution in [1.29, 1.82) is 0 Å². The number of nitrogens with zero attached hydrogens (tertiary/aromatic N) is 1. The Kier molecular flexibility index (Phi) is 4.02. The number of benzene rings is 1. The SMILES string of the molecule is CCN(CC1(N)CCOCC1)c1ccccc1. The molecule has 0 bridgehead atoms. The molecule has 0 atom stereocenters. The monoisotopic (exact) mass is 234 g/mol. The van der Waals surface area contributed by atoms with Crippen LogP contribution in [-0.4, -0.2) is 31.8 Å². The van der Waals surface area contributed by atoms with Crippen LogP contribution in [0.25, 0.3) is 0 Å². The van der Waals surface area contributed by atoms with Gasteiger partial charge >= 0.3 is 0 Å². The fraction of sp³-hybridized carbons (Fsp3) is 0.571. The molecule has 94 valence electrons. The molecule has 3 heteroatoms. The van der Waals surface area contributed by atoms with Gasteiger partial charge in [0.2, 0.25) is 0 Å². The number of ether oxygens (including phenoxy) is 1. The molecule has 17 heavy (non-hydrogen) atoms. The molecule has 1 aliphatic rings. The van der Waals surface area contributed by atoms with Crippen molar-refractivity contribution in [3.63, 3.8) is 0 Å². The van der Waals surface area contributed by atoms with Gasteiger partial charge in [-0.1, -0.05) is 18.2 Å². The van der Waals surface area contributed by atoms with E-state index >= 15 is 0 Å². The van der Waals surface area contributed by atoms with E-state index in [2.05, 4.69) is 36.1 Å². The van der Waals surface area contributed by atoms with Gasteiger partial charge in [0.25, 0.3) is 0 Å². The molecule has 0 aromatic heterocycles. The second-order valence-corrected chi connectivity index (χ2v) is 4.82. The summed E-state index contributed by atoms with van der Waals surface area (Å²) in [5.41, 5.74) is 7.61. The maximum Gasteiger partial charge on any atom is 0.0484 e. The highest BCUT2D eigenvalue weighted by Crippen LogP contribution is 2.22. The Morgan fingerprint density at radius 2 is 1.88 bits per heavy atom. The molecule has 3 nitrogen and oxygen atoms in total. The van der Waals surface area contributed by atoms with Crippen molar-refractivity contribution in [2.45, 2.75) is 25.3 Å². The van der Waals surface area contributed by atoms with Crippen LogP contribution in [0, 0.1) is 0 Å². The van der Waals surface area contributed by atoms with E-state index in [1.54, 1.807) is 0 Å². The molecule has 2 N–H and O–H groups in total. The minimum absolute atomic E-state index is 0.0932. The standard InChI is InChI=1S/C14H22N2O/c1-2-16(13-6-4-3-5-7-13)12-14(15)8-10-17-11-9-14/h3-7H,2,8-12,15H2,1H3. The van der Waals surface area contributed by atoms with Crippen molar-refractivity contribution in [2.24, 2.45) is 5.73 Å². The molecule has 1 fully saturated rings. The number of hydrogen-bond donors (Lipinski definition) is 1. The van der Waals surface area contributed by atoms with Crippen LogP contribution in [0.3, 0.4) is 0 Å². The lowest BCUT2D eigenvalue weighted by molar-refractivity contribution is 0.0555. The largest absolute Gasteiger partial charge is 0.381 e. The van der Waals surface area contributed by atoms with E-state index in [0.29, 0.717) is 0 Å². The molecule has 0 spiro atoms. The van der Waals surface area contributed by atoms with Gasteiger partial charge in [-0.05, 0) is 31.9 Å². The summed E-state index contributed by atoms with van der Waals surface area (Å²) in [5, 5.41) is 0. The first kappa shape index (κ1) is 12.4. The van der Waals surface area contributed by atoms with Crippen molar-refractivity contribution in [3.05, 3.63) is 30.3 Å². The van der Waals surface area contributed by atoms with Gasteiger partial charge in [-0.15, -0.1) is 0 Å². The summed E-state index contributed by atoms with van der Waals surface area (Å²) in [7, 11) is 0. The molecule has 0 amide bonds. The van der Waals surface area contributed by atoms with E-state index in [1.807, 2.05) is 6.07 Å². The van der Waals surface area contributed by atoms with E-state index < -0.39 is 0 Å². The Morgan fingerprint density at radius 1 is 1.24 bits per heavy atom. The maximum absolute atomic E-state index is 6.45. The minimum Gasteiger partial charge on any atom is -0.381 e. The normalized spacial score (nSPS) is 18.9. The van der Waals surface area contributed by atoms with Crippen molar-refractivity contribution in [2.75, 3.05) is 31.2 Å². The first-order chi connectivity index (χ1) is 8.23. The van der Waals surface area contributed by atoms with E-state index in [1.165, 1.54) is 5.69 Å². The van der Waals surface area contributed by atoms with Gasteiger partial charge in [-0.3, -0.25) is 0 Å². The topological polar surface area (TPSA) is 38.5 Å². The summed E-state index contributed by atoms with van der Waals surface area (Å²) in [6.07, 6.45) is 1.91. The Labute approximate surface area is 104 Å². The van der Waals surface area contributed by atoms with Crippen molar-refractivity contribution in [3.8, 4) is 0 Å². The number of hydrogen-bond acceptors (Lipinski definition) is 3. The first-order valence-corrected chi connectivity index (χ1v) is 6.40. The zero-order valence-corrected chi connectivity index (χ0v) is 10.6. The van der Waals surface area contributed by atoms with Crippen LogP contribution in [0.4, 0.5) is 5.69 Å². The Morgan fingerprint density at radius 3 is 2.47 bits per heavy atom. The molecule has 1 aromatic rings. The summed E-state index contributed by atoms with van der Waals surface area (Å²) < 4.78 is 5.39. The molecule has 0 aliphatic carbocycles. The van der Waals surface area contributed by atoms with Crippen molar-refractivity contribution in [1.82, 2.24) is 0 Å². The fourth-order valence-electron chi connectivity index (χ4n) is 2.34. The van der Waals surface area contributed by atoms with E-state index in [0.717, 1.165) is 39.1 Å². The Balaban J connectivity index is 2.04. The number of para-hydroxylation sites is 1. The molecule has 1 aromatic carbocycles. The van der Waals surface area contributed by atoms with Gasteiger partial charge in [-0.2, -0.15) is 0 Å². The van der Waals surface area contributed by atoms with Crippen LogP contribution in [0.15, 0.2) is 30.3 Å². The van der Waals surface area contributed by atoms with E-state index in [-0.39, 0.29) is 5.54 Å². The van der Waals surface area contributed by atoms with Gasteiger partial charge in [0.1, 0.15) is 0 Å². The van der Waals surface area contributed by atoms with Crippen LogP contribution >= 0.6 is 0 Å². The molecule has 0 radical (unpaired) electrons. The van der Waals surface area contributed by atoms with Gasteiger partial charge in [0, 0.05) is 37.5 Å². The van der Waals surface area contributed by atoms with Gasteiger partial charge < -0.3 is 15.4 Å². The number of likely N-dealkylation sites (N-methyl/N-ethyl adjacent to an activating group) is 1. The van der Waals surface area contributed by atoms with Gasteiger partial charge in [0.05, 0.1) is 0 Å². The molecule has 1 heterocycles. The van der Waals surface area contributed by atoms with Crippen LogP contribution in [0.2, 0.25) is 0 Å². The van der Waals surface area contributed by atoms with Crippen LogP contribution in [0.5, 0.6) is 0 Å². The fourth-order valence-corrected chi connectivity index (χ4v) is 2.34. The average Bonchev–Trinajstić information content (AvgIpc) is 2.38.